The average Bonchev–Trinajstić information content (AvgIpc) is 2.86. The molecule has 0 saturated carbocycles. The molecule has 7 heteroatoms. The summed E-state index contributed by atoms with van der Waals surface area (Å²) in [6.45, 7) is 8.05. The van der Waals surface area contributed by atoms with E-state index in [1.54, 1.807) is 17.0 Å². The highest BCUT2D eigenvalue weighted by Gasteiger charge is 2.43. The van der Waals surface area contributed by atoms with E-state index >= 15 is 0 Å². The van der Waals surface area contributed by atoms with Gasteiger partial charge in [0.05, 0.1) is 22.3 Å². The lowest BCUT2D eigenvalue weighted by molar-refractivity contribution is -0.384. The normalized spacial score (nSPS) is 19.5. The molecule has 0 fully saturated rings. The summed E-state index contributed by atoms with van der Waals surface area (Å²) in [5.41, 5.74) is 2.96. The zero-order valence-electron chi connectivity index (χ0n) is 19.4. The Balaban J connectivity index is 2.01. The van der Waals surface area contributed by atoms with E-state index in [0.717, 1.165) is 11.4 Å². The van der Waals surface area contributed by atoms with Crippen LogP contribution in [0, 0.1) is 21.4 Å². The first-order chi connectivity index (χ1) is 15.6. The number of ketones is 1. The number of nitrogens with zero attached hydrogens (tertiary/aromatic N) is 2. The number of nitro benzene ring substituents is 1. The average molecular weight is 448 g/mol. The molecule has 1 aliphatic carbocycles. The molecule has 172 valence electrons. The maximum Gasteiger partial charge on any atom is 0.269 e. The predicted octanol–water partition coefficient (Wildman–Crippen LogP) is 5.78. The molecule has 33 heavy (non-hydrogen) atoms. The van der Waals surface area contributed by atoms with E-state index in [2.05, 4.69) is 19.2 Å². The third-order valence-corrected chi connectivity index (χ3v) is 6.15. The molecule has 2 aromatic rings. The minimum absolute atomic E-state index is 0.0413. The summed E-state index contributed by atoms with van der Waals surface area (Å²) >= 11 is 0. The Morgan fingerprint density at radius 1 is 1.18 bits per heavy atom. The lowest BCUT2D eigenvalue weighted by atomic mass is 9.73. The van der Waals surface area contributed by atoms with Crippen molar-refractivity contribution in [2.24, 2.45) is 11.3 Å². The second-order valence-electron chi connectivity index (χ2n) is 10.1. The van der Waals surface area contributed by atoms with Crippen molar-refractivity contribution >= 4 is 28.8 Å². The van der Waals surface area contributed by atoms with Crippen LogP contribution in [-0.4, -0.2) is 16.6 Å². The van der Waals surface area contributed by atoms with Crippen molar-refractivity contribution in [2.75, 3.05) is 10.2 Å². The second kappa shape index (κ2) is 8.46. The summed E-state index contributed by atoms with van der Waals surface area (Å²) in [6.07, 6.45) is 1.28. The van der Waals surface area contributed by atoms with Crippen LogP contribution < -0.4 is 10.2 Å². The van der Waals surface area contributed by atoms with Gasteiger partial charge in [0, 0.05) is 36.2 Å². The van der Waals surface area contributed by atoms with Gasteiger partial charge in [-0.15, -0.1) is 0 Å². The largest absolute Gasteiger partial charge is 0.357 e. The van der Waals surface area contributed by atoms with Crippen LogP contribution in [-0.2, 0) is 9.59 Å². The number of Topliss-reactive ketones (excluding diaryl/α,β-unsaturated/α-hetero) is 1. The number of nitrogens with one attached hydrogen (secondary N) is 1. The van der Waals surface area contributed by atoms with Crippen LogP contribution in [0.2, 0.25) is 0 Å². The highest BCUT2D eigenvalue weighted by molar-refractivity contribution is 6.06. The Hall–Kier alpha value is -3.48. The Kier molecular flexibility index (Phi) is 5.82. The number of carbonyl (C=O) groups excluding carboxylic acids is 2. The molecular weight excluding hydrogens is 418 g/mol. The lowest BCUT2D eigenvalue weighted by Gasteiger charge is -2.37. The number of non-ortho nitro benzene ring substituents is 1. The molecule has 2 aliphatic rings. The van der Waals surface area contributed by atoms with E-state index < -0.39 is 11.0 Å². The zero-order chi connectivity index (χ0) is 23.9. The predicted molar refractivity (Wildman–Crippen MR) is 128 cm³/mol. The molecule has 2 aromatic carbocycles. The summed E-state index contributed by atoms with van der Waals surface area (Å²) in [6, 6.07) is 13.0. The topological polar surface area (TPSA) is 92.6 Å². The number of carbonyl (C=O) groups is 2. The van der Waals surface area contributed by atoms with Crippen molar-refractivity contribution in [1.82, 2.24) is 0 Å². The van der Waals surface area contributed by atoms with Gasteiger partial charge in [-0.2, -0.15) is 0 Å². The van der Waals surface area contributed by atoms with E-state index in [1.807, 2.05) is 38.1 Å². The highest BCUT2D eigenvalue weighted by atomic mass is 16.6. The Morgan fingerprint density at radius 3 is 2.61 bits per heavy atom. The lowest BCUT2D eigenvalue weighted by Crippen LogP contribution is -2.40. The molecule has 0 saturated heterocycles. The minimum Gasteiger partial charge on any atom is -0.357 e. The zero-order valence-corrected chi connectivity index (χ0v) is 19.4. The summed E-state index contributed by atoms with van der Waals surface area (Å²) in [5.74, 6) is -0.0522. The minimum atomic E-state index is -0.745. The van der Waals surface area contributed by atoms with E-state index in [1.165, 1.54) is 12.1 Å². The molecule has 0 bridgehead atoms. The quantitative estimate of drug-likeness (QED) is 0.473. The van der Waals surface area contributed by atoms with Gasteiger partial charge in [0.15, 0.2) is 5.78 Å². The van der Waals surface area contributed by atoms with Gasteiger partial charge in [0.2, 0.25) is 5.91 Å². The number of anilines is 2. The number of hydrogen-bond acceptors (Lipinski definition) is 5. The molecule has 0 aromatic heterocycles. The number of amides is 1. The van der Waals surface area contributed by atoms with E-state index in [-0.39, 0.29) is 28.7 Å². The van der Waals surface area contributed by atoms with E-state index in [4.69, 9.17) is 0 Å². The van der Waals surface area contributed by atoms with Crippen molar-refractivity contribution < 1.29 is 14.5 Å². The van der Waals surface area contributed by atoms with Gasteiger partial charge in [-0.3, -0.25) is 24.6 Å². The molecule has 7 nitrogen and oxygen atoms in total. The first-order valence-electron chi connectivity index (χ1n) is 11.3. The van der Waals surface area contributed by atoms with Crippen LogP contribution in [0.5, 0.6) is 0 Å². The molecule has 1 atom stereocenters. The summed E-state index contributed by atoms with van der Waals surface area (Å²) in [5, 5.41) is 15.0. The second-order valence-corrected chi connectivity index (χ2v) is 10.1. The molecule has 1 aliphatic heterocycles. The van der Waals surface area contributed by atoms with Gasteiger partial charge in [-0.25, -0.2) is 0 Å². The molecule has 0 radical (unpaired) electrons. The first kappa shape index (κ1) is 22.7. The van der Waals surface area contributed by atoms with Crippen LogP contribution >= 0.6 is 0 Å². The number of benzene rings is 2. The summed E-state index contributed by atoms with van der Waals surface area (Å²) in [4.78, 5) is 40.0. The van der Waals surface area contributed by atoms with Crippen molar-refractivity contribution in [1.29, 1.82) is 0 Å². The van der Waals surface area contributed by atoms with Crippen LogP contribution in [0.25, 0.3) is 0 Å². The number of nitro groups is 1. The van der Waals surface area contributed by atoms with Crippen LogP contribution in [0.1, 0.15) is 58.6 Å². The van der Waals surface area contributed by atoms with Gasteiger partial charge in [0.1, 0.15) is 0 Å². The fourth-order valence-electron chi connectivity index (χ4n) is 4.83. The molecule has 0 unspecified atom stereocenters. The molecule has 0 spiro atoms. The number of para-hydroxylation sites is 2. The van der Waals surface area contributed by atoms with Gasteiger partial charge < -0.3 is 5.32 Å². The Morgan fingerprint density at radius 2 is 1.91 bits per heavy atom. The number of hydrogen-bond donors (Lipinski definition) is 1. The van der Waals surface area contributed by atoms with Crippen molar-refractivity contribution in [3.8, 4) is 0 Å². The van der Waals surface area contributed by atoms with Gasteiger partial charge >= 0.3 is 0 Å². The van der Waals surface area contributed by atoms with Gasteiger partial charge in [-0.1, -0.05) is 52.0 Å². The molecule has 1 heterocycles. The highest BCUT2D eigenvalue weighted by Crippen LogP contribution is 2.48. The number of fused-ring (bicyclic) bond motifs is 1. The molecule has 4 rings (SSSR count). The Bertz CT molecular complexity index is 1170. The smallest absolute Gasteiger partial charge is 0.269 e. The van der Waals surface area contributed by atoms with Gasteiger partial charge in [-0.05, 0) is 35.4 Å². The Labute approximate surface area is 193 Å². The monoisotopic (exact) mass is 447 g/mol. The fourth-order valence-corrected chi connectivity index (χ4v) is 4.83. The number of allylic oxidation sites excluding steroid dienone is 1. The maximum atomic E-state index is 13.7. The third kappa shape index (κ3) is 4.40. The van der Waals surface area contributed by atoms with E-state index in [9.17, 15) is 19.7 Å². The SMILES string of the molecule is CC(C)CC(=O)N1c2ccccc2NC2=C(C(=O)CC(C)(C)C2)[C@@H]1c1cccc([N+](=O)[O-])c1. The fraction of sp³-hybridized carbons (Fsp3) is 0.385. The van der Waals surface area contributed by atoms with Crippen molar-refractivity contribution in [2.45, 2.75) is 53.0 Å². The summed E-state index contributed by atoms with van der Waals surface area (Å²) in [7, 11) is 0. The summed E-state index contributed by atoms with van der Waals surface area (Å²) < 4.78 is 0. The van der Waals surface area contributed by atoms with E-state index in [0.29, 0.717) is 36.1 Å². The number of rotatable bonds is 4. The molecule has 1 amide bonds. The van der Waals surface area contributed by atoms with Crippen molar-refractivity contribution in [3.63, 3.8) is 0 Å². The first-order valence-corrected chi connectivity index (χ1v) is 11.3. The van der Waals surface area contributed by atoms with Crippen LogP contribution in [0.3, 0.4) is 0 Å². The third-order valence-electron chi connectivity index (χ3n) is 6.15. The van der Waals surface area contributed by atoms with Crippen LogP contribution in [0.4, 0.5) is 17.1 Å². The molecule has 1 N–H and O–H groups in total. The maximum absolute atomic E-state index is 13.7. The molecular formula is C26H29N3O4. The van der Waals surface area contributed by atoms with Crippen molar-refractivity contribution in [3.05, 3.63) is 75.5 Å². The standard InChI is InChI=1S/C26H29N3O4/c1-16(2)12-23(31)28-21-11-6-5-10-19(21)27-20-14-26(3,4)15-22(30)24(20)25(28)17-8-7-9-18(13-17)29(32)33/h5-11,13,16,25,27H,12,14-15H2,1-4H3/t25-/m0/s1. The van der Waals surface area contributed by atoms with Crippen LogP contribution in [0.15, 0.2) is 59.8 Å². The van der Waals surface area contributed by atoms with Gasteiger partial charge in [0.25, 0.3) is 5.69 Å².